The predicted octanol–water partition coefficient (Wildman–Crippen LogP) is 3.05. The Morgan fingerprint density at radius 3 is 2.79 bits per heavy atom. The Bertz CT molecular complexity index is 574. The van der Waals surface area contributed by atoms with Crippen molar-refractivity contribution in [2.75, 3.05) is 16.8 Å². The van der Waals surface area contributed by atoms with E-state index < -0.39 is 0 Å². The van der Waals surface area contributed by atoms with Crippen molar-refractivity contribution in [2.45, 2.75) is 5.03 Å². The van der Waals surface area contributed by atoms with E-state index in [1.807, 2.05) is 12.1 Å². The first kappa shape index (κ1) is 13.7. The van der Waals surface area contributed by atoms with E-state index in [4.69, 9.17) is 17.3 Å². The number of nitrogens with one attached hydrogen (secondary N) is 1. The number of nitrogen functional groups attached to an aromatic ring is 1. The fourth-order valence-electron chi connectivity index (χ4n) is 1.37. The molecule has 0 fully saturated rings. The van der Waals surface area contributed by atoms with Crippen LogP contribution in [0.4, 0.5) is 11.4 Å². The number of para-hydroxylation sites is 1. The van der Waals surface area contributed by atoms with Crippen LogP contribution in [-0.4, -0.2) is 16.6 Å². The van der Waals surface area contributed by atoms with Gasteiger partial charge in [-0.15, -0.1) is 0 Å². The molecule has 3 N–H and O–H groups in total. The second kappa shape index (κ2) is 6.45. The number of thioether (sulfide) groups is 1. The second-order valence-electron chi connectivity index (χ2n) is 3.75. The summed E-state index contributed by atoms with van der Waals surface area (Å²) in [5, 5.41) is 4.02. The third-order valence-electron chi connectivity index (χ3n) is 2.26. The van der Waals surface area contributed by atoms with Gasteiger partial charge in [0.25, 0.3) is 0 Å². The molecule has 1 aromatic carbocycles. The van der Waals surface area contributed by atoms with Crippen LogP contribution in [0.3, 0.4) is 0 Å². The van der Waals surface area contributed by atoms with Crippen LogP contribution < -0.4 is 11.1 Å². The number of anilines is 2. The molecule has 0 bridgehead atoms. The van der Waals surface area contributed by atoms with E-state index in [-0.39, 0.29) is 11.7 Å². The Hall–Kier alpha value is -1.72. The smallest absolute Gasteiger partial charge is 0.234 e. The number of carbonyl (C=O) groups is 1. The van der Waals surface area contributed by atoms with E-state index in [1.54, 1.807) is 30.5 Å². The zero-order chi connectivity index (χ0) is 13.7. The molecule has 1 amide bonds. The van der Waals surface area contributed by atoms with Crippen LogP contribution in [0.1, 0.15) is 0 Å². The number of benzene rings is 1. The fraction of sp³-hybridized carbons (Fsp3) is 0.0769. The number of hydrogen-bond donors (Lipinski definition) is 2. The quantitative estimate of drug-likeness (QED) is 0.850. The molecule has 98 valence electrons. The first-order valence-electron chi connectivity index (χ1n) is 5.54. The summed E-state index contributed by atoms with van der Waals surface area (Å²) in [6, 6.07) is 10.6. The highest BCUT2D eigenvalue weighted by atomic mass is 35.5. The molecule has 0 aliphatic carbocycles. The third-order valence-corrected chi connectivity index (χ3v) is 3.53. The van der Waals surface area contributed by atoms with Gasteiger partial charge in [0.15, 0.2) is 0 Å². The highest BCUT2D eigenvalue weighted by molar-refractivity contribution is 7.99. The second-order valence-corrected chi connectivity index (χ2v) is 5.15. The summed E-state index contributed by atoms with van der Waals surface area (Å²) in [7, 11) is 0. The Morgan fingerprint density at radius 2 is 2.11 bits per heavy atom. The lowest BCUT2D eigenvalue weighted by atomic mass is 10.3. The van der Waals surface area contributed by atoms with Crippen LogP contribution in [0.5, 0.6) is 0 Å². The van der Waals surface area contributed by atoms with Crippen LogP contribution in [-0.2, 0) is 4.79 Å². The van der Waals surface area contributed by atoms with E-state index in [1.165, 1.54) is 11.8 Å². The van der Waals surface area contributed by atoms with Gasteiger partial charge in [0, 0.05) is 0 Å². The number of nitrogens with zero attached hydrogens (tertiary/aromatic N) is 1. The number of aromatic nitrogens is 1. The molecule has 19 heavy (non-hydrogen) atoms. The molecule has 0 aliphatic heterocycles. The lowest BCUT2D eigenvalue weighted by Crippen LogP contribution is -2.14. The van der Waals surface area contributed by atoms with Gasteiger partial charge in [-0.3, -0.25) is 4.79 Å². The molecule has 6 heteroatoms. The van der Waals surface area contributed by atoms with Crippen LogP contribution >= 0.6 is 23.4 Å². The molecule has 0 spiro atoms. The number of halogens is 1. The number of hydrogen-bond acceptors (Lipinski definition) is 4. The average Bonchev–Trinajstić information content (AvgIpc) is 2.41. The maximum atomic E-state index is 11.8. The molecular weight excluding hydrogens is 282 g/mol. The Morgan fingerprint density at radius 1 is 1.32 bits per heavy atom. The zero-order valence-corrected chi connectivity index (χ0v) is 11.5. The topological polar surface area (TPSA) is 68.0 Å². The van der Waals surface area contributed by atoms with Gasteiger partial charge in [0.2, 0.25) is 5.91 Å². The molecule has 0 unspecified atom stereocenters. The summed E-state index contributed by atoms with van der Waals surface area (Å²) in [5.74, 6) is 0.138. The third kappa shape index (κ3) is 4.15. The van der Waals surface area contributed by atoms with Crippen LogP contribution in [0.2, 0.25) is 5.02 Å². The van der Waals surface area contributed by atoms with Gasteiger partial charge < -0.3 is 11.1 Å². The lowest BCUT2D eigenvalue weighted by Gasteiger charge is -2.06. The van der Waals surface area contributed by atoms with Crippen molar-refractivity contribution in [3.8, 4) is 0 Å². The number of amides is 1. The van der Waals surface area contributed by atoms with Crippen molar-refractivity contribution in [1.82, 2.24) is 4.98 Å². The molecule has 1 heterocycles. The summed E-state index contributed by atoms with van der Waals surface area (Å²) in [4.78, 5) is 15.9. The maximum absolute atomic E-state index is 11.8. The minimum Gasteiger partial charge on any atom is -0.397 e. The normalized spacial score (nSPS) is 10.2. The number of carbonyl (C=O) groups excluding carboxylic acids is 1. The minimum atomic E-state index is -0.128. The summed E-state index contributed by atoms with van der Waals surface area (Å²) >= 11 is 7.30. The van der Waals surface area contributed by atoms with Crippen molar-refractivity contribution < 1.29 is 4.79 Å². The van der Waals surface area contributed by atoms with E-state index >= 15 is 0 Å². The Labute approximate surface area is 120 Å². The SMILES string of the molecule is Nc1ccc(SCC(=O)Nc2ccccc2Cl)nc1. The molecule has 1 aromatic heterocycles. The van der Waals surface area contributed by atoms with Crippen molar-refractivity contribution in [2.24, 2.45) is 0 Å². The zero-order valence-electron chi connectivity index (χ0n) is 9.97. The van der Waals surface area contributed by atoms with Crippen molar-refractivity contribution in [1.29, 1.82) is 0 Å². The van der Waals surface area contributed by atoms with E-state index in [2.05, 4.69) is 10.3 Å². The standard InChI is InChI=1S/C13H12ClN3OS/c14-10-3-1-2-4-11(10)17-12(18)8-19-13-6-5-9(15)7-16-13/h1-7H,8,15H2,(H,17,18). The molecule has 0 aliphatic rings. The van der Waals surface area contributed by atoms with Gasteiger partial charge in [-0.05, 0) is 24.3 Å². The van der Waals surface area contributed by atoms with Crippen molar-refractivity contribution in [3.63, 3.8) is 0 Å². The molecule has 0 saturated carbocycles. The van der Waals surface area contributed by atoms with E-state index in [9.17, 15) is 4.79 Å². The highest BCUT2D eigenvalue weighted by Gasteiger charge is 2.06. The molecule has 2 rings (SSSR count). The Kier molecular flexibility index (Phi) is 4.65. The average molecular weight is 294 g/mol. The molecule has 0 radical (unpaired) electrons. The van der Waals surface area contributed by atoms with Crippen LogP contribution in [0.25, 0.3) is 0 Å². The molecule has 0 atom stereocenters. The minimum absolute atomic E-state index is 0.128. The molecule has 0 saturated heterocycles. The lowest BCUT2D eigenvalue weighted by molar-refractivity contribution is -0.113. The monoisotopic (exact) mass is 293 g/mol. The first-order valence-corrected chi connectivity index (χ1v) is 6.90. The van der Waals surface area contributed by atoms with Gasteiger partial charge in [0.1, 0.15) is 0 Å². The van der Waals surface area contributed by atoms with Gasteiger partial charge in [-0.1, -0.05) is 35.5 Å². The summed E-state index contributed by atoms with van der Waals surface area (Å²) < 4.78 is 0. The fourth-order valence-corrected chi connectivity index (χ4v) is 2.19. The van der Waals surface area contributed by atoms with Crippen molar-refractivity contribution >= 4 is 40.6 Å². The van der Waals surface area contributed by atoms with E-state index in [0.717, 1.165) is 5.03 Å². The molecule has 4 nitrogen and oxygen atoms in total. The number of rotatable bonds is 4. The van der Waals surface area contributed by atoms with Gasteiger partial charge in [-0.25, -0.2) is 4.98 Å². The van der Waals surface area contributed by atoms with Gasteiger partial charge in [0.05, 0.1) is 33.4 Å². The first-order chi connectivity index (χ1) is 9.15. The Balaban J connectivity index is 1.88. The largest absolute Gasteiger partial charge is 0.397 e. The summed E-state index contributed by atoms with van der Waals surface area (Å²) in [5.41, 5.74) is 6.75. The number of pyridine rings is 1. The highest BCUT2D eigenvalue weighted by Crippen LogP contribution is 2.21. The maximum Gasteiger partial charge on any atom is 0.234 e. The summed E-state index contributed by atoms with van der Waals surface area (Å²) in [6.07, 6.45) is 1.56. The summed E-state index contributed by atoms with van der Waals surface area (Å²) in [6.45, 7) is 0. The van der Waals surface area contributed by atoms with Crippen LogP contribution in [0.15, 0.2) is 47.6 Å². The molecular formula is C13H12ClN3OS. The van der Waals surface area contributed by atoms with E-state index in [0.29, 0.717) is 16.4 Å². The number of nitrogens with two attached hydrogens (primary N) is 1. The van der Waals surface area contributed by atoms with Crippen molar-refractivity contribution in [3.05, 3.63) is 47.6 Å². The van der Waals surface area contributed by atoms with Gasteiger partial charge in [-0.2, -0.15) is 0 Å². The predicted molar refractivity (Wildman–Crippen MR) is 79.5 cm³/mol. The van der Waals surface area contributed by atoms with Crippen LogP contribution in [0, 0.1) is 0 Å². The van der Waals surface area contributed by atoms with Gasteiger partial charge >= 0.3 is 0 Å². The molecule has 2 aromatic rings.